The summed E-state index contributed by atoms with van der Waals surface area (Å²) in [5, 5.41) is 0. The normalized spacial score (nSPS) is 10.3. The molecule has 3 aromatic rings. The lowest BCUT2D eigenvalue weighted by Gasteiger charge is -2.08. The molecule has 0 aliphatic heterocycles. The molecule has 0 saturated carbocycles. The van der Waals surface area contributed by atoms with Gasteiger partial charge >= 0.3 is 5.97 Å². The first-order valence-corrected chi connectivity index (χ1v) is 8.77. The third-order valence-corrected chi connectivity index (χ3v) is 4.05. The van der Waals surface area contributed by atoms with Gasteiger partial charge in [0.05, 0.1) is 0 Å². The molecular formula is C23H17FO5. The highest BCUT2D eigenvalue weighted by molar-refractivity contribution is 6.09. The molecule has 3 rings (SSSR count). The van der Waals surface area contributed by atoms with Gasteiger partial charge in [-0.05, 0) is 67.6 Å². The molecule has 0 bridgehead atoms. The van der Waals surface area contributed by atoms with E-state index in [2.05, 4.69) is 0 Å². The van der Waals surface area contributed by atoms with Crippen molar-refractivity contribution in [2.75, 3.05) is 6.61 Å². The van der Waals surface area contributed by atoms with Crippen LogP contribution in [0.2, 0.25) is 0 Å². The highest BCUT2D eigenvalue weighted by Crippen LogP contribution is 2.17. The van der Waals surface area contributed by atoms with Crippen LogP contribution in [0.5, 0.6) is 11.5 Å². The van der Waals surface area contributed by atoms with Crippen molar-refractivity contribution in [3.8, 4) is 11.5 Å². The van der Waals surface area contributed by atoms with Crippen molar-refractivity contribution in [3.63, 3.8) is 0 Å². The second kappa shape index (κ2) is 8.93. The number of ketones is 2. The van der Waals surface area contributed by atoms with Crippen LogP contribution in [0, 0.1) is 5.82 Å². The van der Waals surface area contributed by atoms with Crippen LogP contribution < -0.4 is 9.47 Å². The number of esters is 1. The molecule has 0 spiro atoms. The molecule has 0 unspecified atom stereocenters. The summed E-state index contributed by atoms with van der Waals surface area (Å²) in [5.74, 6) is -0.776. The lowest BCUT2D eigenvalue weighted by molar-refractivity contribution is -0.136. The Kier molecular flexibility index (Phi) is 6.14. The maximum atomic E-state index is 13.0. The smallest absolute Gasteiger partial charge is 0.349 e. The third-order valence-electron chi connectivity index (χ3n) is 4.05. The van der Waals surface area contributed by atoms with E-state index in [9.17, 15) is 18.8 Å². The van der Waals surface area contributed by atoms with Crippen LogP contribution in [0.1, 0.15) is 33.2 Å². The zero-order valence-electron chi connectivity index (χ0n) is 15.6. The highest BCUT2D eigenvalue weighted by Gasteiger charge is 2.11. The van der Waals surface area contributed by atoms with Crippen LogP contribution in [0.3, 0.4) is 0 Å². The molecule has 6 heteroatoms. The fourth-order valence-electron chi connectivity index (χ4n) is 2.55. The quantitative estimate of drug-likeness (QED) is 0.342. The van der Waals surface area contributed by atoms with Crippen LogP contribution in [-0.4, -0.2) is 24.1 Å². The summed E-state index contributed by atoms with van der Waals surface area (Å²) in [6.07, 6.45) is 0. The number of carbonyl (C=O) groups is 3. The molecular weight excluding hydrogens is 375 g/mol. The van der Waals surface area contributed by atoms with Crippen molar-refractivity contribution in [2.24, 2.45) is 0 Å². The Morgan fingerprint density at radius 1 is 0.793 bits per heavy atom. The molecule has 0 heterocycles. The molecule has 0 radical (unpaired) electrons. The largest absolute Gasteiger partial charge is 0.482 e. The molecule has 0 amide bonds. The summed E-state index contributed by atoms with van der Waals surface area (Å²) >= 11 is 0. The van der Waals surface area contributed by atoms with Gasteiger partial charge in [0.1, 0.15) is 17.3 Å². The molecule has 0 atom stereocenters. The highest BCUT2D eigenvalue weighted by atomic mass is 19.1. The second-order valence-corrected chi connectivity index (χ2v) is 6.21. The van der Waals surface area contributed by atoms with Gasteiger partial charge in [0.15, 0.2) is 18.2 Å². The minimum absolute atomic E-state index is 0.103. The van der Waals surface area contributed by atoms with Crippen LogP contribution in [-0.2, 0) is 4.79 Å². The summed E-state index contributed by atoms with van der Waals surface area (Å²) in [4.78, 5) is 35.7. The molecule has 146 valence electrons. The molecule has 0 fully saturated rings. The summed E-state index contributed by atoms with van der Waals surface area (Å²) in [6.45, 7) is 1.11. The first-order chi connectivity index (χ1) is 13.9. The van der Waals surface area contributed by atoms with Gasteiger partial charge in [-0.25, -0.2) is 9.18 Å². The Balaban J connectivity index is 1.57. The lowest BCUT2D eigenvalue weighted by atomic mass is 10.0. The number of rotatable bonds is 7. The number of ether oxygens (including phenoxy) is 2. The number of halogens is 1. The predicted molar refractivity (Wildman–Crippen MR) is 104 cm³/mol. The van der Waals surface area contributed by atoms with E-state index in [-0.39, 0.29) is 23.9 Å². The SMILES string of the molecule is CC(=O)c1cccc(OCC(=O)Oc2ccc(C(=O)c3ccc(F)cc3)cc2)c1. The maximum Gasteiger partial charge on any atom is 0.349 e. The summed E-state index contributed by atoms with van der Waals surface area (Å²) in [7, 11) is 0. The van der Waals surface area contributed by atoms with Crippen molar-refractivity contribution >= 4 is 17.5 Å². The Hall–Kier alpha value is -3.80. The standard InChI is InChI=1S/C23H17FO5/c1-15(25)18-3-2-4-21(13-18)28-14-22(26)29-20-11-7-17(8-12-20)23(27)16-5-9-19(24)10-6-16/h2-13H,14H2,1H3. The lowest BCUT2D eigenvalue weighted by Crippen LogP contribution is -2.17. The Labute approximate surface area is 166 Å². The first-order valence-electron chi connectivity index (χ1n) is 8.77. The van der Waals surface area contributed by atoms with E-state index in [1.54, 1.807) is 24.3 Å². The average molecular weight is 392 g/mol. The van der Waals surface area contributed by atoms with E-state index in [1.807, 2.05) is 0 Å². The van der Waals surface area contributed by atoms with Crippen molar-refractivity contribution in [2.45, 2.75) is 6.92 Å². The summed E-state index contributed by atoms with van der Waals surface area (Å²) in [5.41, 5.74) is 1.23. The Bertz CT molecular complexity index is 1040. The minimum Gasteiger partial charge on any atom is -0.482 e. The number of hydrogen-bond donors (Lipinski definition) is 0. The van der Waals surface area contributed by atoms with Gasteiger partial charge in [0, 0.05) is 16.7 Å². The predicted octanol–water partition coefficient (Wildman–Crippen LogP) is 4.24. The molecule has 3 aromatic carbocycles. The van der Waals surface area contributed by atoms with Gasteiger partial charge in [-0.1, -0.05) is 12.1 Å². The van der Waals surface area contributed by atoms with E-state index in [0.717, 1.165) is 0 Å². The van der Waals surface area contributed by atoms with Gasteiger partial charge in [0.2, 0.25) is 0 Å². The van der Waals surface area contributed by atoms with Crippen molar-refractivity contribution < 1.29 is 28.2 Å². The van der Waals surface area contributed by atoms with Crippen LogP contribution in [0.15, 0.2) is 72.8 Å². The number of hydrogen-bond acceptors (Lipinski definition) is 5. The van der Waals surface area contributed by atoms with E-state index in [0.29, 0.717) is 22.4 Å². The Morgan fingerprint density at radius 3 is 2.03 bits per heavy atom. The van der Waals surface area contributed by atoms with Gasteiger partial charge in [-0.15, -0.1) is 0 Å². The Morgan fingerprint density at radius 2 is 1.41 bits per heavy atom. The second-order valence-electron chi connectivity index (χ2n) is 6.21. The van der Waals surface area contributed by atoms with Crippen LogP contribution in [0.4, 0.5) is 4.39 Å². The van der Waals surface area contributed by atoms with Crippen LogP contribution in [0.25, 0.3) is 0 Å². The number of carbonyl (C=O) groups excluding carboxylic acids is 3. The van der Waals surface area contributed by atoms with E-state index in [4.69, 9.17) is 9.47 Å². The zero-order chi connectivity index (χ0) is 20.8. The van der Waals surface area contributed by atoms with Crippen molar-refractivity contribution in [1.82, 2.24) is 0 Å². The fraction of sp³-hybridized carbons (Fsp3) is 0.0870. The van der Waals surface area contributed by atoms with Gasteiger partial charge in [0.25, 0.3) is 0 Å². The van der Waals surface area contributed by atoms with E-state index in [1.165, 1.54) is 55.5 Å². The summed E-state index contributed by atoms with van der Waals surface area (Å²) < 4.78 is 23.5. The van der Waals surface area contributed by atoms with Crippen LogP contribution >= 0.6 is 0 Å². The molecule has 0 N–H and O–H groups in total. The minimum atomic E-state index is -0.629. The first kappa shape index (κ1) is 19.9. The molecule has 29 heavy (non-hydrogen) atoms. The molecule has 0 aromatic heterocycles. The van der Waals surface area contributed by atoms with Gasteiger partial charge < -0.3 is 9.47 Å². The van der Waals surface area contributed by atoms with Gasteiger partial charge in [-0.3, -0.25) is 9.59 Å². The fourth-order valence-corrected chi connectivity index (χ4v) is 2.55. The molecule has 0 aliphatic rings. The summed E-state index contributed by atoms with van der Waals surface area (Å²) in [6, 6.07) is 17.8. The topological polar surface area (TPSA) is 69.7 Å². The van der Waals surface area contributed by atoms with Crippen molar-refractivity contribution in [1.29, 1.82) is 0 Å². The molecule has 0 saturated heterocycles. The zero-order valence-corrected chi connectivity index (χ0v) is 15.6. The monoisotopic (exact) mass is 392 g/mol. The van der Waals surface area contributed by atoms with E-state index < -0.39 is 11.8 Å². The molecule has 0 aliphatic carbocycles. The average Bonchev–Trinajstić information content (AvgIpc) is 2.73. The maximum absolute atomic E-state index is 13.0. The van der Waals surface area contributed by atoms with Gasteiger partial charge in [-0.2, -0.15) is 0 Å². The van der Waals surface area contributed by atoms with E-state index >= 15 is 0 Å². The molecule has 5 nitrogen and oxygen atoms in total. The number of benzene rings is 3. The van der Waals surface area contributed by atoms with Crippen molar-refractivity contribution in [3.05, 3.63) is 95.3 Å². The number of Topliss-reactive ketones (excluding diaryl/α,β-unsaturated/α-hetero) is 1. The third kappa shape index (κ3) is 5.35.